The molecule has 0 atom stereocenters. The largest absolute Gasteiger partial charge is 0.378 e. The number of H-pyrrole nitrogens is 1. The average Bonchev–Trinajstić information content (AvgIpc) is 2.64. The third-order valence-corrected chi connectivity index (χ3v) is 4.26. The van der Waals surface area contributed by atoms with E-state index in [4.69, 9.17) is 4.74 Å². The minimum atomic E-state index is -0.289. The van der Waals surface area contributed by atoms with Crippen LogP contribution in [0.15, 0.2) is 29.1 Å². The molecule has 0 unspecified atom stereocenters. The van der Waals surface area contributed by atoms with Crippen molar-refractivity contribution >= 4 is 22.6 Å². The van der Waals surface area contributed by atoms with E-state index in [1.165, 1.54) is 4.90 Å². The van der Waals surface area contributed by atoms with Gasteiger partial charge in [-0.15, -0.1) is 0 Å². The summed E-state index contributed by atoms with van der Waals surface area (Å²) in [6.07, 6.45) is 0.0180. The Bertz CT molecular complexity index is 842. The number of rotatable bonds is 4. The van der Waals surface area contributed by atoms with Gasteiger partial charge in [0, 0.05) is 25.5 Å². The summed E-state index contributed by atoms with van der Waals surface area (Å²) < 4.78 is 5.22. The van der Waals surface area contributed by atoms with E-state index in [2.05, 4.69) is 10.2 Å². The number of benzene rings is 1. The molecule has 1 saturated heterocycles. The lowest BCUT2D eigenvalue weighted by Gasteiger charge is -2.28. The van der Waals surface area contributed by atoms with Crippen LogP contribution >= 0.6 is 0 Å². The van der Waals surface area contributed by atoms with E-state index in [1.807, 2.05) is 0 Å². The molecule has 1 fully saturated rings. The Kier molecular flexibility index (Phi) is 5.08. The average molecular weight is 344 g/mol. The summed E-state index contributed by atoms with van der Waals surface area (Å²) >= 11 is 0. The summed E-state index contributed by atoms with van der Waals surface area (Å²) in [4.78, 5) is 39.6. The molecule has 1 aromatic heterocycles. The second-order valence-corrected chi connectivity index (χ2v) is 5.96. The van der Waals surface area contributed by atoms with Gasteiger partial charge in [0.05, 0.1) is 37.3 Å². The Labute approximate surface area is 144 Å². The number of nitrogens with zero attached hydrogens (tertiary/aromatic N) is 3. The van der Waals surface area contributed by atoms with Gasteiger partial charge in [0.1, 0.15) is 0 Å². The third kappa shape index (κ3) is 3.85. The Hall–Kier alpha value is -2.74. The molecule has 1 aliphatic rings. The number of fused-ring (bicyclic) bond motifs is 1. The quantitative estimate of drug-likeness (QED) is 0.827. The number of aromatic nitrogens is 2. The maximum atomic E-state index is 12.5. The molecule has 8 heteroatoms. The highest BCUT2D eigenvalue weighted by atomic mass is 16.5. The van der Waals surface area contributed by atoms with E-state index in [1.54, 1.807) is 36.2 Å². The Balaban J connectivity index is 1.68. The van der Waals surface area contributed by atoms with Crippen molar-refractivity contribution in [2.45, 2.75) is 6.42 Å². The first-order chi connectivity index (χ1) is 12.1. The first kappa shape index (κ1) is 17.1. The highest BCUT2D eigenvalue weighted by molar-refractivity contribution is 5.90. The van der Waals surface area contributed by atoms with Crippen molar-refractivity contribution in [1.29, 1.82) is 0 Å². The van der Waals surface area contributed by atoms with Crippen molar-refractivity contribution < 1.29 is 14.3 Å². The minimum Gasteiger partial charge on any atom is -0.378 e. The SMILES string of the molecule is CN(CC(=O)N1CCOCC1)C(=O)Cc1n[nH]c(=O)c2ccccc12. The first-order valence-electron chi connectivity index (χ1n) is 8.12. The highest BCUT2D eigenvalue weighted by Crippen LogP contribution is 2.13. The van der Waals surface area contributed by atoms with Crippen molar-refractivity contribution in [2.24, 2.45) is 0 Å². The van der Waals surface area contributed by atoms with Crippen LogP contribution in [-0.2, 0) is 20.7 Å². The van der Waals surface area contributed by atoms with Gasteiger partial charge in [-0.1, -0.05) is 18.2 Å². The topological polar surface area (TPSA) is 95.6 Å². The molecule has 0 saturated carbocycles. The number of carbonyl (C=O) groups excluding carboxylic acids is 2. The number of ether oxygens (including phenoxy) is 1. The standard InChI is InChI=1S/C17H20N4O4/c1-20(11-16(23)21-6-8-25-9-7-21)15(22)10-14-12-4-2-3-5-13(12)17(24)19-18-14/h2-5H,6-11H2,1H3,(H,19,24). The smallest absolute Gasteiger partial charge is 0.272 e. The number of aromatic amines is 1. The Morgan fingerprint density at radius 3 is 2.64 bits per heavy atom. The molecule has 8 nitrogen and oxygen atoms in total. The van der Waals surface area contributed by atoms with Crippen LogP contribution in [-0.4, -0.2) is 71.7 Å². The normalized spacial score (nSPS) is 14.5. The van der Waals surface area contributed by atoms with Gasteiger partial charge in [0.15, 0.2) is 0 Å². The van der Waals surface area contributed by atoms with Gasteiger partial charge in [0.25, 0.3) is 5.56 Å². The van der Waals surface area contributed by atoms with Crippen molar-refractivity contribution in [1.82, 2.24) is 20.0 Å². The fourth-order valence-electron chi connectivity index (χ4n) is 2.79. The summed E-state index contributed by atoms with van der Waals surface area (Å²) in [6.45, 7) is 2.16. The first-order valence-corrected chi connectivity index (χ1v) is 8.12. The molecule has 2 aromatic rings. The molecule has 1 aromatic carbocycles. The molecule has 0 aliphatic carbocycles. The summed E-state index contributed by atoms with van der Waals surface area (Å²) in [5, 5.41) is 7.55. The van der Waals surface area contributed by atoms with Crippen LogP contribution < -0.4 is 5.56 Å². The van der Waals surface area contributed by atoms with E-state index in [0.29, 0.717) is 42.8 Å². The second kappa shape index (κ2) is 7.43. The molecular formula is C17H20N4O4. The second-order valence-electron chi connectivity index (χ2n) is 5.96. The molecular weight excluding hydrogens is 324 g/mol. The van der Waals surface area contributed by atoms with Crippen molar-refractivity contribution in [3.63, 3.8) is 0 Å². The van der Waals surface area contributed by atoms with Crippen LogP contribution in [0.5, 0.6) is 0 Å². The molecule has 0 spiro atoms. The zero-order valence-electron chi connectivity index (χ0n) is 14.0. The van der Waals surface area contributed by atoms with Crippen LogP contribution in [0.3, 0.4) is 0 Å². The van der Waals surface area contributed by atoms with Crippen LogP contribution in [0.2, 0.25) is 0 Å². The van der Waals surface area contributed by atoms with Crippen molar-refractivity contribution in [3.8, 4) is 0 Å². The molecule has 2 amide bonds. The van der Waals surface area contributed by atoms with Gasteiger partial charge in [-0.25, -0.2) is 5.10 Å². The third-order valence-electron chi connectivity index (χ3n) is 4.26. The highest BCUT2D eigenvalue weighted by Gasteiger charge is 2.21. The summed E-state index contributed by atoms with van der Waals surface area (Å²) in [5.41, 5.74) is 0.202. The maximum absolute atomic E-state index is 12.5. The van der Waals surface area contributed by atoms with E-state index < -0.39 is 0 Å². The summed E-state index contributed by atoms with van der Waals surface area (Å²) in [5.74, 6) is -0.329. The summed E-state index contributed by atoms with van der Waals surface area (Å²) in [6, 6.07) is 7.01. The number of morpholine rings is 1. The van der Waals surface area contributed by atoms with Gasteiger partial charge in [-0.2, -0.15) is 5.10 Å². The fourth-order valence-corrected chi connectivity index (χ4v) is 2.79. The van der Waals surface area contributed by atoms with E-state index in [-0.39, 0.29) is 30.3 Å². The van der Waals surface area contributed by atoms with Crippen LogP contribution in [0.1, 0.15) is 5.69 Å². The van der Waals surface area contributed by atoms with Crippen LogP contribution in [0, 0.1) is 0 Å². The molecule has 3 rings (SSSR count). The predicted molar refractivity (Wildman–Crippen MR) is 91.1 cm³/mol. The zero-order chi connectivity index (χ0) is 17.8. The van der Waals surface area contributed by atoms with Gasteiger partial charge >= 0.3 is 0 Å². The van der Waals surface area contributed by atoms with Crippen LogP contribution in [0.4, 0.5) is 0 Å². The molecule has 1 aliphatic heterocycles. The molecule has 1 N–H and O–H groups in total. The lowest BCUT2D eigenvalue weighted by molar-refractivity contribution is -0.141. The van der Waals surface area contributed by atoms with E-state index >= 15 is 0 Å². The lowest BCUT2D eigenvalue weighted by atomic mass is 10.1. The number of likely N-dealkylation sites (N-methyl/N-ethyl adjacent to an activating group) is 1. The Morgan fingerprint density at radius 2 is 1.92 bits per heavy atom. The van der Waals surface area contributed by atoms with Gasteiger partial charge in [0.2, 0.25) is 11.8 Å². The molecule has 2 heterocycles. The van der Waals surface area contributed by atoms with Gasteiger partial charge < -0.3 is 14.5 Å². The van der Waals surface area contributed by atoms with E-state index in [9.17, 15) is 14.4 Å². The summed E-state index contributed by atoms with van der Waals surface area (Å²) in [7, 11) is 1.59. The maximum Gasteiger partial charge on any atom is 0.272 e. The fraction of sp³-hybridized carbons (Fsp3) is 0.412. The number of hydrogen-bond acceptors (Lipinski definition) is 5. The van der Waals surface area contributed by atoms with Gasteiger partial charge in [-0.05, 0) is 6.07 Å². The molecule has 25 heavy (non-hydrogen) atoms. The number of amides is 2. The number of hydrogen-bond donors (Lipinski definition) is 1. The number of nitrogens with one attached hydrogen (secondary N) is 1. The minimum absolute atomic E-state index is 0.0140. The van der Waals surface area contributed by atoms with Crippen LogP contribution in [0.25, 0.3) is 10.8 Å². The number of carbonyl (C=O) groups is 2. The molecule has 132 valence electrons. The molecule has 0 radical (unpaired) electrons. The van der Waals surface area contributed by atoms with Crippen molar-refractivity contribution in [2.75, 3.05) is 39.9 Å². The zero-order valence-corrected chi connectivity index (χ0v) is 14.0. The van der Waals surface area contributed by atoms with Gasteiger partial charge in [-0.3, -0.25) is 14.4 Å². The Morgan fingerprint density at radius 1 is 1.24 bits per heavy atom. The molecule has 0 bridgehead atoms. The lowest BCUT2D eigenvalue weighted by Crippen LogP contribution is -2.46. The monoisotopic (exact) mass is 344 g/mol. The predicted octanol–water partition coefficient (Wildman–Crippen LogP) is -0.217. The van der Waals surface area contributed by atoms with E-state index in [0.717, 1.165) is 0 Å². The van der Waals surface area contributed by atoms with Crippen molar-refractivity contribution in [3.05, 3.63) is 40.3 Å².